The van der Waals surface area contributed by atoms with Crippen molar-refractivity contribution in [1.29, 1.82) is 5.26 Å². The number of nitriles is 1. The van der Waals surface area contributed by atoms with Gasteiger partial charge in [0.05, 0.1) is 18.6 Å². The van der Waals surface area contributed by atoms with E-state index in [0.29, 0.717) is 38.2 Å². The van der Waals surface area contributed by atoms with Crippen molar-refractivity contribution in [2.75, 3.05) is 19.7 Å². The third-order valence-corrected chi connectivity index (χ3v) is 5.59. The number of nitrogens with one attached hydrogen (secondary N) is 2. The third kappa shape index (κ3) is 10.4. The number of carbonyl (C=O) groups is 2. The van der Waals surface area contributed by atoms with Crippen molar-refractivity contribution in [2.45, 2.75) is 52.4 Å². The monoisotopic (exact) mass is 476 g/mol. The van der Waals surface area contributed by atoms with Gasteiger partial charge in [0.25, 0.3) is 0 Å². The molecule has 2 amide bonds. The number of carbonyl (C=O) groups excluding carboxylic acids is 2. The average Bonchev–Trinajstić information content (AvgIpc) is 2.84. The molecule has 0 radical (unpaired) electrons. The first-order chi connectivity index (χ1) is 16.8. The lowest BCUT2D eigenvalue weighted by Crippen LogP contribution is -2.33. The third-order valence-electron chi connectivity index (χ3n) is 5.59. The smallest absolute Gasteiger partial charge is 0.412 e. The van der Waals surface area contributed by atoms with Gasteiger partial charge in [0.15, 0.2) is 0 Å². The Labute approximate surface area is 208 Å². The number of ether oxygens (including phenoxy) is 1. The largest absolute Gasteiger partial charge is 0.450 e. The Morgan fingerprint density at radius 2 is 1.74 bits per heavy atom. The molecule has 0 saturated heterocycles. The van der Waals surface area contributed by atoms with E-state index < -0.39 is 6.09 Å². The fourth-order valence-corrected chi connectivity index (χ4v) is 3.64. The minimum absolute atomic E-state index is 0.0138. The minimum Gasteiger partial charge on any atom is -0.450 e. The summed E-state index contributed by atoms with van der Waals surface area (Å²) in [6.45, 7) is 7.09. The summed E-state index contributed by atoms with van der Waals surface area (Å²) in [5, 5.41) is 15.1. The zero-order chi connectivity index (χ0) is 25.5. The summed E-state index contributed by atoms with van der Waals surface area (Å²) in [5.41, 5.74) is 1.54. The quantitative estimate of drug-likeness (QED) is 0.250. The van der Waals surface area contributed by atoms with Gasteiger partial charge in [-0.1, -0.05) is 74.5 Å². The van der Waals surface area contributed by atoms with Gasteiger partial charge < -0.3 is 10.1 Å². The van der Waals surface area contributed by atoms with E-state index in [1.807, 2.05) is 74.5 Å². The van der Waals surface area contributed by atoms with Gasteiger partial charge in [0, 0.05) is 25.1 Å². The van der Waals surface area contributed by atoms with Crippen molar-refractivity contribution in [3.05, 3.63) is 71.8 Å². The second kappa shape index (κ2) is 14.6. The molecule has 2 N–H and O–H groups in total. The highest BCUT2D eigenvalue weighted by molar-refractivity contribution is 6.06. The number of amides is 2. The van der Waals surface area contributed by atoms with E-state index in [-0.39, 0.29) is 23.8 Å². The van der Waals surface area contributed by atoms with Crippen LogP contribution in [-0.4, -0.2) is 37.5 Å². The molecule has 0 aromatic heterocycles. The standard InChI is InChI=1S/C28H36N4O3/c1-4-35-27(34)32-26(23-14-9-6-10-15-23)31-19-17-28(2,3)20-25(33)30-18-11-16-24(21-29)22-12-7-5-8-13-22/h5-10,12-15,24H,4,11,16-20H2,1-3H3,(H,30,33)(H,31,32,34). The number of nitrogens with zero attached hydrogens (tertiary/aromatic N) is 2. The number of benzene rings is 2. The van der Waals surface area contributed by atoms with E-state index in [0.717, 1.165) is 17.5 Å². The molecule has 1 unspecified atom stereocenters. The molecule has 0 heterocycles. The molecule has 0 aliphatic carbocycles. The van der Waals surface area contributed by atoms with E-state index in [1.54, 1.807) is 6.92 Å². The van der Waals surface area contributed by atoms with Crippen LogP contribution in [0.4, 0.5) is 4.79 Å². The van der Waals surface area contributed by atoms with Crippen LogP contribution in [0.25, 0.3) is 0 Å². The Morgan fingerprint density at radius 1 is 1.09 bits per heavy atom. The van der Waals surface area contributed by atoms with Crippen molar-refractivity contribution in [3.63, 3.8) is 0 Å². The van der Waals surface area contributed by atoms with Crippen molar-refractivity contribution < 1.29 is 14.3 Å². The molecule has 2 aromatic carbocycles. The minimum atomic E-state index is -0.542. The Morgan fingerprint density at radius 3 is 2.37 bits per heavy atom. The van der Waals surface area contributed by atoms with Gasteiger partial charge in [0.2, 0.25) is 5.91 Å². The van der Waals surface area contributed by atoms with E-state index >= 15 is 0 Å². The highest BCUT2D eigenvalue weighted by Gasteiger charge is 2.22. The molecule has 0 spiro atoms. The molecular weight excluding hydrogens is 440 g/mol. The summed E-state index contributed by atoms with van der Waals surface area (Å²) in [5.74, 6) is 0.277. The molecule has 0 bridgehead atoms. The summed E-state index contributed by atoms with van der Waals surface area (Å²) < 4.78 is 4.99. The highest BCUT2D eigenvalue weighted by Crippen LogP contribution is 2.25. The first-order valence-electron chi connectivity index (χ1n) is 12.1. The lowest BCUT2D eigenvalue weighted by atomic mass is 9.85. The fraction of sp³-hybridized carbons (Fsp3) is 0.429. The molecule has 1 atom stereocenters. The summed E-state index contributed by atoms with van der Waals surface area (Å²) in [6.07, 6.45) is 1.94. The first kappa shape index (κ1) is 27.6. The van der Waals surface area contributed by atoms with Gasteiger partial charge in [-0.2, -0.15) is 5.26 Å². The van der Waals surface area contributed by atoms with E-state index in [1.165, 1.54) is 0 Å². The molecule has 35 heavy (non-hydrogen) atoms. The second-order valence-corrected chi connectivity index (χ2v) is 9.12. The maximum atomic E-state index is 12.5. The average molecular weight is 477 g/mol. The Hall–Kier alpha value is -3.66. The Kier molecular flexibility index (Phi) is 11.5. The lowest BCUT2D eigenvalue weighted by Gasteiger charge is -2.23. The summed E-state index contributed by atoms with van der Waals surface area (Å²) >= 11 is 0. The van der Waals surface area contributed by atoms with Crippen LogP contribution in [0.5, 0.6) is 0 Å². The first-order valence-corrected chi connectivity index (χ1v) is 12.1. The van der Waals surface area contributed by atoms with Gasteiger partial charge in [-0.3, -0.25) is 15.1 Å². The molecule has 0 fully saturated rings. The van der Waals surface area contributed by atoms with Gasteiger partial charge in [-0.15, -0.1) is 0 Å². The molecule has 0 aliphatic rings. The number of rotatable bonds is 12. The van der Waals surface area contributed by atoms with Crippen molar-refractivity contribution >= 4 is 17.8 Å². The number of hydrogen-bond donors (Lipinski definition) is 2. The summed E-state index contributed by atoms with van der Waals surface area (Å²) in [6, 6.07) is 21.5. The van der Waals surface area contributed by atoms with Gasteiger partial charge in [-0.25, -0.2) is 4.79 Å². The van der Waals surface area contributed by atoms with Crippen LogP contribution in [0, 0.1) is 16.7 Å². The number of hydrogen-bond acceptors (Lipinski definition) is 5. The fourth-order valence-electron chi connectivity index (χ4n) is 3.64. The molecule has 0 saturated carbocycles. The van der Waals surface area contributed by atoms with Crippen LogP contribution < -0.4 is 10.6 Å². The van der Waals surface area contributed by atoms with Crippen LogP contribution in [0.3, 0.4) is 0 Å². The maximum absolute atomic E-state index is 12.5. The number of aliphatic imine (C=N–C) groups is 1. The predicted octanol–water partition coefficient (Wildman–Crippen LogP) is 5.19. The predicted molar refractivity (Wildman–Crippen MR) is 138 cm³/mol. The summed E-state index contributed by atoms with van der Waals surface area (Å²) in [4.78, 5) is 29.0. The molecule has 2 rings (SSSR count). The lowest BCUT2D eigenvalue weighted by molar-refractivity contribution is -0.123. The highest BCUT2D eigenvalue weighted by atomic mass is 16.5. The van der Waals surface area contributed by atoms with Crippen LogP contribution in [-0.2, 0) is 9.53 Å². The number of amidine groups is 1. The van der Waals surface area contributed by atoms with Crippen molar-refractivity contribution in [2.24, 2.45) is 10.4 Å². The zero-order valence-electron chi connectivity index (χ0n) is 20.9. The topological polar surface area (TPSA) is 104 Å². The van der Waals surface area contributed by atoms with Crippen molar-refractivity contribution in [3.8, 4) is 6.07 Å². The molecular formula is C28H36N4O3. The van der Waals surface area contributed by atoms with Gasteiger partial charge in [-0.05, 0) is 37.2 Å². The van der Waals surface area contributed by atoms with E-state index in [2.05, 4.69) is 21.7 Å². The summed E-state index contributed by atoms with van der Waals surface area (Å²) in [7, 11) is 0. The van der Waals surface area contributed by atoms with Gasteiger partial charge >= 0.3 is 6.09 Å². The molecule has 0 aliphatic heterocycles. The van der Waals surface area contributed by atoms with Crippen LogP contribution >= 0.6 is 0 Å². The zero-order valence-corrected chi connectivity index (χ0v) is 20.9. The molecule has 2 aromatic rings. The Balaban J connectivity index is 1.81. The van der Waals surface area contributed by atoms with Crippen LogP contribution in [0.15, 0.2) is 65.7 Å². The maximum Gasteiger partial charge on any atom is 0.412 e. The normalized spacial score (nSPS) is 12.3. The van der Waals surface area contributed by atoms with Crippen LogP contribution in [0.2, 0.25) is 0 Å². The molecule has 186 valence electrons. The second-order valence-electron chi connectivity index (χ2n) is 9.12. The SMILES string of the molecule is CCOC(=O)NC(=NCCC(C)(C)CC(=O)NCCCC(C#N)c1ccccc1)c1ccccc1. The Bertz CT molecular complexity index is 998. The van der Waals surface area contributed by atoms with Gasteiger partial charge in [0.1, 0.15) is 5.84 Å². The molecule has 7 heteroatoms. The van der Waals surface area contributed by atoms with Crippen LogP contribution in [0.1, 0.15) is 63.5 Å². The van der Waals surface area contributed by atoms with E-state index in [9.17, 15) is 14.9 Å². The van der Waals surface area contributed by atoms with Crippen molar-refractivity contribution in [1.82, 2.24) is 10.6 Å². The molecule has 7 nitrogen and oxygen atoms in total. The number of alkyl carbamates (subject to hydrolysis) is 1. The van der Waals surface area contributed by atoms with E-state index in [4.69, 9.17) is 4.74 Å².